The van der Waals surface area contributed by atoms with Crippen molar-refractivity contribution in [1.82, 2.24) is 5.32 Å². The molecule has 2 N–H and O–H groups in total. The SMILES string of the molecule is Cc1ccc(NC(=O)CNCC2CC2)cc1Cl. The van der Waals surface area contributed by atoms with Gasteiger partial charge in [0.05, 0.1) is 6.54 Å². The van der Waals surface area contributed by atoms with Crippen LogP contribution in [0.3, 0.4) is 0 Å². The van der Waals surface area contributed by atoms with Crippen LogP contribution in [0.4, 0.5) is 5.69 Å². The van der Waals surface area contributed by atoms with E-state index in [4.69, 9.17) is 11.6 Å². The predicted molar refractivity (Wildman–Crippen MR) is 70.4 cm³/mol. The Labute approximate surface area is 107 Å². The van der Waals surface area contributed by atoms with Crippen LogP contribution in [0.1, 0.15) is 18.4 Å². The lowest BCUT2D eigenvalue weighted by Crippen LogP contribution is -2.29. The summed E-state index contributed by atoms with van der Waals surface area (Å²) in [7, 11) is 0. The Hall–Kier alpha value is -1.06. The average molecular weight is 253 g/mol. The number of nitrogens with one attached hydrogen (secondary N) is 2. The van der Waals surface area contributed by atoms with Crippen LogP contribution >= 0.6 is 11.6 Å². The molecule has 1 aromatic rings. The molecule has 1 aliphatic rings. The molecule has 1 amide bonds. The molecule has 0 spiro atoms. The van der Waals surface area contributed by atoms with Crippen molar-refractivity contribution in [2.45, 2.75) is 19.8 Å². The molecular weight excluding hydrogens is 236 g/mol. The second-order valence-corrected chi connectivity index (χ2v) is 4.99. The van der Waals surface area contributed by atoms with Crippen LogP contribution in [-0.4, -0.2) is 19.0 Å². The maximum absolute atomic E-state index is 11.6. The molecule has 0 bridgehead atoms. The van der Waals surface area contributed by atoms with Gasteiger partial charge in [-0.2, -0.15) is 0 Å². The topological polar surface area (TPSA) is 41.1 Å². The van der Waals surface area contributed by atoms with Crippen LogP contribution in [0, 0.1) is 12.8 Å². The lowest BCUT2D eigenvalue weighted by atomic mass is 10.2. The molecule has 0 heterocycles. The van der Waals surface area contributed by atoms with Gasteiger partial charge in [-0.1, -0.05) is 17.7 Å². The first-order valence-corrected chi connectivity index (χ1v) is 6.29. The number of carbonyl (C=O) groups excluding carboxylic acids is 1. The molecule has 1 saturated carbocycles. The van der Waals surface area contributed by atoms with E-state index in [1.54, 1.807) is 6.07 Å². The van der Waals surface area contributed by atoms with Crippen LogP contribution < -0.4 is 10.6 Å². The number of halogens is 1. The van der Waals surface area contributed by atoms with Gasteiger partial charge in [-0.15, -0.1) is 0 Å². The highest BCUT2D eigenvalue weighted by Crippen LogP contribution is 2.27. The van der Waals surface area contributed by atoms with Gasteiger partial charge in [-0.05, 0) is 49.9 Å². The van der Waals surface area contributed by atoms with Crippen molar-refractivity contribution in [3.63, 3.8) is 0 Å². The van der Waals surface area contributed by atoms with Crippen molar-refractivity contribution in [1.29, 1.82) is 0 Å². The lowest BCUT2D eigenvalue weighted by Gasteiger charge is -2.07. The maximum atomic E-state index is 11.6. The van der Waals surface area contributed by atoms with Gasteiger partial charge >= 0.3 is 0 Å². The molecule has 0 aliphatic heterocycles. The van der Waals surface area contributed by atoms with E-state index >= 15 is 0 Å². The number of hydrogen-bond donors (Lipinski definition) is 2. The van der Waals surface area contributed by atoms with Crippen LogP contribution in [0.25, 0.3) is 0 Å². The molecule has 4 heteroatoms. The van der Waals surface area contributed by atoms with Crippen molar-refractivity contribution in [3.8, 4) is 0 Å². The molecule has 1 aliphatic carbocycles. The van der Waals surface area contributed by atoms with E-state index in [2.05, 4.69) is 10.6 Å². The maximum Gasteiger partial charge on any atom is 0.238 e. The van der Waals surface area contributed by atoms with Crippen LogP contribution in [0.15, 0.2) is 18.2 Å². The molecule has 17 heavy (non-hydrogen) atoms. The average Bonchev–Trinajstić information content (AvgIpc) is 3.07. The summed E-state index contributed by atoms with van der Waals surface area (Å²) >= 11 is 5.98. The second-order valence-electron chi connectivity index (χ2n) is 4.59. The van der Waals surface area contributed by atoms with Gasteiger partial charge in [-0.25, -0.2) is 0 Å². The molecule has 1 fully saturated rings. The van der Waals surface area contributed by atoms with Gasteiger partial charge in [-0.3, -0.25) is 4.79 Å². The molecule has 0 aromatic heterocycles. The summed E-state index contributed by atoms with van der Waals surface area (Å²) in [5.74, 6) is 0.766. The summed E-state index contributed by atoms with van der Waals surface area (Å²) in [6, 6.07) is 5.53. The third-order valence-electron chi connectivity index (χ3n) is 2.87. The molecule has 1 aromatic carbocycles. The van der Waals surface area contributed by atoms with E-state index in [-0.39, 0.29) is 5.91 Å². The second kappa shape index (κ2) is 5.52. The first-order valence-electron chi connectivity index (χ1n) is 5.92. The van der Waals surface area contributed by atoms with Crippen molar-refractivity contribution in [2.24, 2.45) is 5.92 Å². The van der Waals surface area contributed by atoms with E-state index < -0.39 is 0 Å². The molecule has 0 radical (unpaired) electrons. The summed E-state index contributed by atoms with van der Waals surface area (Å²) < 4.78 is 0. The first kappa shape index (κ1) is 12.4. The van der Waals surface area contributed by atoms with E-state index in [9.17, 15) is 4.79 Å². The van der Waals surface area contributed by atoms with E-state index in [0.717, 1.165) is 23.7 Å². The quantitative estimate of drug-likeness (QED) is 0.846. The zero-order valence-electron chi connectivity index (χ0n) is 9.92. The number of hydrogen-bond acceptors (Lipinski definition) is 2. The minimum absolute atomic E-state index is 0.0226. The zero-order valence-corrected chi connectivity index (χ0v) is 10.7. The van der Waals surface area contributed by atoms with Gasteiger partial charge < -0.3 is 10.6 Å². The Morgan fingerprint density at radius 3 is 2.88 bits per heavy atom. The third kappa shape index (κ3) is 4.02. The van der Waals surface area contributed by atoms with E-state index in [0.29, 0.717) is 11.6 Å². The summed E-state index contributed by atoms with van der Waals surface area (Å²) in [6.45, 7) is 3.25. The van der Waals surface area contributed by atoms with Crippen LogP contribution in [0.5, 0.6) is 0 Å². The fraction of sp³-hybridized carbons (Fsp3) is 0.462. The van der Waals surface area contributed by atoms with Crippen LogP contribution in [0.2, 0.25) is 5.02 Å². The molecule has 92 valence electrons. The van der Waals surface area contributed by atoms with Gasteiger partial charge in [0, 0.05) is 10.7 Å². The van der Waals surface area contributed by atoms with Gasteiger partial charge in [0.2, 0.25) is 5.91 Å². The van der Waals surface area contributed by atoms with Crippen molar-refractivity contribution >= 4 is 23.2 Å². The predicted octanol–water partition coefficient (Wildman–Crippen LogP) is 2.59. The summed E-state index contributed by atoms with van der Waals surface area (Å²) in [4.78, 5) is 11.6. The van der Waals surface area contributed by atoms with Gasteiger partial charge in [0.15, 0.2) is 0 Å². The Morgan fingerprint density at radius 1 is 1.47 bits per heavy atom. The minimum Gasteiger partial charge on any atom is -0.325 e. The highest BCUT2D eigenvalue weighted by molar-refractivity contribution is 6.31. The first-order chi connectivity index (χ1) is 8.15. The Kier molecular flexibility index (Phi) is 4.02. The normalized spacial score (nSPS) is 14.7. The minimum atomic E-state index is -0.0226. The number of aryl methyl sites for hydroxylation is 1. The Morgan fingerprint density at radius 2 is 2.24 bits per heavy atom. The van der Waals surface area contributed by atoms with Crippen molar-refractivity contribution < 1.29 is 4.79 Å². The smallest absolute Gasteiger partial charge is 0.238 e. The monoisotopic (exact) mass is 252 g/mol. The Balaban J connectivity index is 1.77. The number of rotatable bonds is 5. The number of amides is 1. The fourth-order valence-electron chi connectivity index (χ4n) is 1.59. The molecule has 3 nitrogen and oxygen atoms in total. The highest BCUT2D eigenvalue weighted by atomic mass is 35.5. The van der Waals surface area contributed by atoms with E-state index in [1.165, 1.54) is 12.8 Å². The number of carbonyl (C=O) groups is 1. The van der Waals surface area contributed by atoms with Gasteiger partial charge in [0.1, 0.15) is 0 Å². The standard InChI is InChI=1S/C13H17ClN2O/c1-9-2-5-11(6-12(9)14)16-13(17)8-15-7-10-3-4-10/h2,5-6,10,15H,3-4,7-8H2,1H3,(H,16,17). The third-order valence-corrected chi connectivity index (χ3v) is 3.28. The van der Waals surface area contributed by atoms with Crippen molar-refractivity contribution in [3.05, 3.63) is 28.8 Å². The summed E-state index contributed by atoms with van der Waals surface area (Å²) in [6.07, 6.45) is 2.59. The molecule has 0 saturated heterocycles. The fourth-order valence-corrected chi connectivity index (χ4v) is 1.77. The number of benzene rings is 1. The van der Waals surface area contributed by atoms with E-state index in [1.807, 2.05) is 19.1 Å². The molecular formula is C13H17ClN2O. The van der Waals surface area contributed by atoms with Crippen molar-refractivity contribution in [2.75, 3.05) is 18.4 Å². The zero-order chi connectivity index (χ0) is 12.3. The highest BCUT2D eigenvalue weighted by Gasteiger charge is 2.20. The summed E-state index contributed by atoms with van der Waals surface area (Å²) in [5, 5.41) is 6.64. The largest absolute Gasteiger partial charge is 0.325 e. The summed E-state index contributed by atoms with van der Waals surface area (Å²) in [5.41, 5.74) is 1.76. The Bertz CT molecular complexity index is 416. The van der Waals surface area contributed by atoms with Crippen LogP contribution in [-0.2, 0) is 4.79 Å². The molecule has 0 unspecified atom stereocenters. The number of anilines is 1. The molecule has 0 atom stereocenters. The van der Waals surface area contributed by atoms with Gasteiger partial charge in [0.25, 0.3) is 0 Å². The lowest BCUT2D eigenvalue weighted by molar-refractivity contribution is -0.115. The molecule has 2 rings (SSSR count).